The Kier molecular flexibility index (Phi) is 6.85. The number of nitrogens with one attached hydrogen (secondary N) is 2. The summed E-state index contributed by atoms with van der Waals surface area (Å²) in [4.78, 5) is 30.6. The third kappa shape index (κ3) is 5.51. The molecule has 0 aliphatic carbocycles. The number of carbonyl (C=O) groups excluding carboxylic acids is 2. The van der Waals surface area contributed by atoms with Crippen molar-refractivity contribution in [2.45, 2.75) is 31.7 Å². The lowest BCUT2D eigenvalue weighted by Gasteiger charge is -2.35. The summed E-state index contributed by atoms with van der Waals surface area (Å²) in [6.45, 7) is 6.34. The van der Waals surface area contributed by atoms with Crippen molar-refractivity contribution in [2.24, 2.45) is 0 Å². The van der Waals surface area contributed by atoms with E-state index in [1.165, 1.54) is 0 Å². The molecule has 0 saturated carbocycles. The molecule has 7 heteroatoms. The summed E-state index contributed by atoms with van der Waals surface area (Å²) in [5.41, 5.74) is 0.942. The number of nitrogens with zero attached hydrogens (tertiary/aromatic N) is 2. The topological polar surface area (TPSA) is 74.3 Å². The number of rotatable bonds is 6. The van der Waals surface area contributed by atoms with Gasteiger partial charge in [-0.3, -0.25) is 14.6 Å². The van der Waals surface area contributed by atoms with Crippen LogP contribution in [-0.4, -0.2) is 58.4 Å². The number of pyridine rings is 1. The van der Waals surface area contributed by atoms with E-state index in [2.05, 4.69) is 29.5 Å². The van der Waals surface area contributed by atoms with Crippen molar-refractivity contribution >= 4 is 23.6 Å². The van der Waals surface area contributed by atoms with Crippen LogP contribution in [0.2, 0.25) is 0 Å². The molecule has 0 spiro atoms. The average Bonchev–Trinajstić information content (AvgIpc) is 2.58. The standard InChI is InChI=1S/C16H24N4O2S/c1-12(2)23-11-15(21)20-7-6-18-10-14(20)16(22)19-9-13-4-3-5-17-8-13/h3-5,8,12,14,18H,6-7,9-11H2,1-2H3,(H,19,22)/t14-/m0/s1. The summed E-state index contributed by atoms with van der Waals surface area (Å²) in [6, 6.07) is 3.30. The first kappa shape index (κ1) is 17.7. The van der Waals surface area contributed by atoms with Crippen LogP contribution in [-0.2, 0) is 16.1 Å². The number of hydrogen-bond donors (Lipinski definition) is 2. The van der Waals surface area contributed by atoms with Crippen molar-refractivity contribution in [3.8, 4) is 0 Å². The molecule has 1 atom stereocenters. The number of thioether (sulfide) groups is 1. The number of carbonyl (C=O) groups is 2. The van der Waals surface area contributed by atoms with Gasteiger partial charge >= 0.3 is 0 Å². The minimum Gasteiger partial charge on any atom is -0.350 e. The van der Waals surface area contributed by atoms with Gasteiger partial charge in [0, 0.05) is 38.6 Å². The lowest BCUT2D eigenvalue weighted by molar-refractivity contribution is -0.139. The van der Waals surface area contributed by atoms with Crippen LogP contribution in [0, 0.1) is 0 Å². The van der Waals surface area contributed by atoms with Gasteiger partial charge in [0.25, 0.3) is 0 Å². The SMILES string of the molecule is CC(C)SCC(=O)N1CCNC[C@H]1C(=O)NCc1cccnc1. The van der Waals surface area contributed by atoms with Crippen molar-refractivity contribution in [3.05, 3.63) is 30.1 Å². The normalized spacial score (nSPS) is 18.0. The predicted octanol–water partition coefficient (Wildman–Crippen LogP) is 0.640. The van der Waals surface area contributed by atoms with E-state index in [4.69, 9.17) is 0 Å². The lowest BCUT2D eigenvalue weighted by Crippen LogP contribution is -2.59. The first-order valence-electron chi connectivity index (χ1n) is 7.86. The van der Waals surface area contributed by atoms with Gasteiger partial charge in [-0.15, -0.1) is 11.8 Å². The summed E-state index contributed by atoms with van der Waals surface area (Å²) >= 11 is 1.61. The minimum atomic E-state index is -0.444. The quantitative estimate of drug-likeness (QED) is 0.797. The van der Waals surface area contributed by atoms with Crippen molar-refractivity contribution in [1.29, 1.82) is 0 Å². The Labute approximate surface area is 141 Å². The maximum atomic E-state index is 12.5. The third-order valence-electron chi connectivity index (χ3n) is 3.60. The summed E-state index contributed by atoms with van der Waals surface area (Å²) in [5.74, 6) is 0.333. The Morgan fingerprint density at radius 3 is 3.04 bits per heavy atom. The molecule has 1 aliphatic heterocycles. The maximum absolute atomic E-state index is 12.5. The van der Waals surface area contributed by atoms with Gasteiger partial charge in [-0.2, -0.15) is 0 Å². The molecule has 23 heavy (non-hydrogen) atoms. The van der Waals surface area contributed by atoms with Crippen LogP contribution in [0.15, 0.2) is 24.5 Å². The second-order valence-electron chi connectivity index (χ2n) is 5.75. The van der Waals surface area contributed by atoms with Crippen LogP contribution in [0.5, 0.6) is 0 Å². The fourth-order valence-corrected chi connectivity index (χ4v) is 3.01. The Morgan fingerprint density at radius 2 is 2.35 bits per heavy atom. The first-order chi connectivity index (χ1) is 11.1. The van der Waals surface area contributed by atoms with E-state index in [9.17, 15) is 9.59 Å². The van der Waals surface area contributed by atoms with E-state index >= 15 is 0 Å². The Morgan fingerprint density at radius 1 is 1.52 bits per heavy atom. The van der Waals surface area contributed by atoms with Gasteiger partial charge < -0.3 is 15.5 Å². The van der Waals surface area contributed by atoms with Crippen molar-refractivity contribution in [2.75, 3.05) is 25.4 Å². The summed E-state index contributed by atoms with van der Waals surface area (Å²) in [5, 5.41) is 6.49. The maximum Gasteiger partial charge on any atom is 0.244 e. The third-order valence-corrected chi connectivity index (χ3v) is 4.68. The molecular formula is C16H24N4O2S. The van der Waals surface area contributed by atoms with Crippen LogP contribution in [0.3, 0.4) is 0 Å². The van der Waals surface area contributed by atoms with E-state index in [-0.39, 0.29) is 11.8 Å². The van der Waals surface area contributed by atoms with Crippen molar-refractivity contribution in [3.63, 3.8) is 0 Å². The lowest BCUT2D eigenvalue weighted by atomic mass is 10.1. The zero-order valence-corrected chi connectivity index (χ0v) is 14.4. The summed E-state index contributed by atoms with van der Waals surface area (Å²) < 4.78 is 0. The summed E-state index contributed by atoms with van der Waals surface area (Å²) in [6.07, 6.45) is 3.42. The molecule has 1 aromatic rings. The molecule has 2 rings (SSSR count). The predicted molar refractivity (Wildman–Crippen MR) is 92.0 cm³/mol. The van der Waals surface area contributed by atoms with E-state index in [1.807, 2.05) is 12.1 Å². The number of piperazine rings is 1. The number of aromatic nitrogens is 1. The van der Waals surface area contributed by atoms with E-state index in [0.29, 0.717) is 30.6 Å². The Balaban J connectivity index is 1.91. The van der Waals surface area contributed by atoms with Crippen molar-refractivity contribution in [1.82, 2.24) is 20.5 Å². The molecule has 0 radical (unpaired) electrons. The molecule has 1 aromatic heterocycles. The second kappa shape index (κ2) is 8.88. The fourth-order valence-electron chi connectivity index (χ4n) is 2.37. The molecule has 126 valence electrons. The van der Waals surface area contributed by atoms with Crippen LogP contribution in [0.4, 0.5) is 0 Å². The van der Waals surface area contributed by atoms with Gasteiger partial charge in [0.2, 0.25) is 11.8 Å². The number of amides is 2. The van der Waals surface area contributed by atoms with Crippen LogP contribution in [0.1, 0.15) is 19.4 Å². The highest BCUT2D eigenvalue weighted by atomic mass is 32.2. The average molecular weight is 336 g/mol. The van der Waals surface area contributed by atoms with E-state index in [1.54, 1.807) is 29.1 Å². The molecule has 2 amide bonds. The zero-order valence-electron chi connectivity index (χ0n) is 13.6. The Bertz CT molecular complexity index is 524. The Hall–Kier alpha value is -1.60. The molecule has 0 unspecified atom stereocenters. The van der Waals surface area contributed by atoms with E-state index in [0.717, 1.165) is 12.1 Å². The highest BCUT2D eigenvalue weighted by molar-refractivity contribution is 8.00. The minimum absolute atomic E-state index is 0.0340. The fraction of sp³-hybridized carbons (Fsp3) is 0.562. The van der Waals surface area contributed by atoms with Gasteiger partial charge in [0.1, 0.15) is 6.04 Å². The summed E-state index contributed by atoms with van der Waals surface area (Å²) in [7, 11) is 0. The molecule has 0 bridgehead atoms. The highest BCUT2D eigenvalue weighted by Crippen LogP contribution is 2.13. The zero-order chi connectivity index (χ0) is 16.7. The van der Waals surface area contributed by atoms with Gasteiger partial charge in [0.05, 0.1) is 5.75 Å². The molecule has 1 saturated heterocycles. The smallest absolute Gasteiger partial charge is 0.244 e. The van der Waals surface area contributed by atoms with Gasteiger partial charge in [-0.1, -0.05) is 19.9 Å². The van der Waals surface area contributed by atoms with Crippen molar-refractivity contribution < 1.29 is 9.59 Å². The van der Waals surface area contributed by atoms with Gasteiger partial charge in [0.15, 0.2) is 0 Å². The first-order valence-corrected chi connectivity index (χ1v) is 8.91. The molecule has 0 aromatic carbocycles. The van der Waals surface area contributed by atoms with E-state index < -0.39 is 6.04 Å². The second-order valence-corrected chi connectivity index (χ2v) is 7.31. The molecule has 1 aliphatic rings. The number of hydrogen-bond acceptors (Lipinski definition) is 5. The molecule has 2 N–H and O–H groups in total. The molecular weight excluding hydrogens is 312 g/mol. The van der Waals surface area contributed by atoms with Crippen LogP contribution < -0.4 is 10.6 Å². The largest absolute Gasteiger partial charge is 0.350 e. The van der Waals surface area contributed by atoms with Gasteiger partial charge in [-0.25, -0.2) is 0 Å². The molecule has 1 fully saturated rings. The molecule has 2 heterocycles. The highest BCUT2D eigenvalue weighted by Gasteiger charge is 2.31. The van der Waals surface area contributed by atoms with Crippen LogP contribution >= 0.6 is 11.8 Å². The monoisotopic (exact) mass is 336 g/mol. The van der Waals surface area contributed by atoms with Crippen LogP contribution in [0.25, 0.3) is 0 Å². The molecule has 6 nitrogen and oxygen atoms in total. The van der Waals surface area contributed by atoms with Gasteiger partial charge in [-0.05, 0) is 16.9 Å².